The Morgan fingerprint density at radius 3 is 2.56 bits per heavy atom. The second-order valence-corrected chi connectivity index (χ2v) is 4.98. The summed E-state index contributed by atoms with van der Waals surface area (Å²) in [6.45, 7) is 2.92. The van der Waals surface area contributed by atoms with E-state index in [2.05, 4.69) is 6.92 Å². The van der Waals surface area contributed by atoms with E-state index in [0.29, 0.717) is 24.3 Å². The van der Waals surface area contributed by atoms with Gasteiger partial charge >= 0.3 is 0 Å². The third kappa shape index (κ3) is 3.78. The molecule has 3 nitrogen and oxygen atoms in total. The molecule has 0 aromatic carbocycles. The van der Waals surface area contributed by atoms with Gasteiger partial charge in [0.25, 0.3) is 0 Å². The lowest BCUT2D eigenvalue weighted by molar-refractivity contribution is -0.133. The Labute approximate surface area is 99.4 Å². The van der Waals surface area contributed by atoms with Crippen LogP contribution in [0.25, 0.3) is 0 Å². The predicted octanol–water partition coefficient (Wildman–Crippen LogP) is 2.15. The van der Waals surface area contributed by atoms with Crippen LogP contribution in [-0.4, -0.2) is 30.4 Å². The van der Waals surface area contributed by atoms with Crippen molar-refractivity contribution in [1.29, 1.82) is 0 Å². The lowest BCUT2D eigenvalue weighted by Crippen LogP contribution is -2.41. The molecule has 0 aromatic rings. The summed E-state index contributed by atoms with van der Waals surface area (Å²) in [6.07, 6.45) is 7.57. The van der Waals surface area contributed by atoms with E-state index < -0.39 is 0 Å². The maximum absolute atomic E-state index is 11.9. The van der Waals surface area contributed by atoms with Crippen LogP contribution in [0.1, 0.15) is 51.9 Å². The van der Waals surface area contributed by atoms with Crippen LogP contribution in [0.3, 0.4) is 0 Å². The fourth-order valence-corrected chi connectivity index (χ4v) is 2.27. The van der Waals surface area contributed by atoms with E-state index in [1.165, 1.54) is 19.3 Å². The van der Waals surface area contributed by atoms with Crippen LogP contribution in [0.4, 0.5) is 0 Å². The number of amides is 1. The van der Waals surface area contributed by atoms with Gasteiger partial charge in [0.2, 0.25) is 5.91 Å². The first kappa shape index (κ1) is 13.5. The van der Waals surface area contributed by atoms with Crippen molar-refractivity contribution < 1.29 is 4.79 Å². The molecule has 0 heterocycles. The lowest BCUT2D eigenvalue weighted by Gasteiger charge is -2.35. The summed E-state index contributed by atoms with van der Waals surface area (Å²) in [7, 11) is 1.95. The van der Waals surface area contributed by atoms with Gasteiger partial charge in [-0.3, -0.25) is 4.79 Å². The minimum Gasteiger partial charge on any atom is -0.343 e. The third-order valence-corrected chi connectivity index (χ3v) is 3.93. The quantitative estimate of drug-likeness (QED) is 0.723. The summed E-state index contributed by atoms with van der Waals surface area (Å²) in [5, 5.41) is 0. The van der Waals surface area contributed by atoms with Crippen molar-refractivity contribution in [1.82, 2.24) is 4.90 Å². The van der Waals surface area contributed by atoms with E-state index in [0.717, 1.165) is 25.8 Å². The van der Waals surface area contributed by atoms with Gasteiger partial charge in [0.15, 0.2) is 0 Å². The van der Waals surface area contributed by atoms with Crippen molar-refractivity contribution in [3.63, 3.8) is 0 Å². The smallest absolute Gasteiger partial charge is 0.222 e. The normalized spacial score (nSPS) is 17.9. The minimum atomic E-state index is 0.320. The Kier molecular flexibility index (Phi) is 5.81. The van der Waals surface area contributed by atoms with Crippen LogP contribution < -0.4 is 5.73 Å². The first-order chi connectivity index (χ1) is 7.69. The Hall–Kier alpha value is -0.570. The molecule has 1 aliphatic rings. The molecule has 1 unspecified atom stereocenters. The SMILES string of the molecule is CCC(CCN)CCC(=O)N(C)C1CCC1. The number of carbonyl (C=O) groups is 1. The first-order valence-electron chi connectivity index (χ1n) is 6.64. The molecule has 1 atom stereocenters. The number of hydrogen-bond acceptors (Lipinski definition) is 2. The minimum absolute atomic E-state index is 0.320. The highest BCUT2D eigenvalue weighted by molar-refractivity contribution is 5.76. The van der Waals surface area contributed by atoms with Crippen molar-refractivity contribution in [2.24, 2.45) is 11.7 Å². The van der Waals surface area contributed by atoms with Gasteiger partial charge in [-0.1, -0.05) is 13.3 Å². The van der Waals surface area contributed by atoms with Crippen molar-refractivity contribution in [2.75, 3.05) is 13.6 Å². The lowest BCUT2D eigenvalue weighted by atomic mass is 9.91. The van der Waals surface area contributed by atoms with Gasteiger partial charge in [0.1, 0.15) is 0 Å². The highest BCUT2D eigenvalue weighted by Gasteiger charge is 2.25. The average Bonchev–Trinajstić information content (AvgIpc) is 2.21. The average molecular weight is 226 g/mol. The number of carbonyl (C=O) groups excluding carboxylic acids is 1. The highest BCUT2D eigenvalue weighted by Crippen LogP contribution is 2.24. The third-order valence-electron chi connectivity index (χ3n) is 3.93. The Morgan fingerprint density at radius 1 is 1.44 bits per heavy atom. The monoisotopic (exact) mass is 226 g/mol. The van der Waals surface area contributed by atoms with Crippen LogP contribution in [0.5, 0.6) is 0 Å². The predicted molar refractivity (Wildman–Crippen MR) is 67.1 cm³/mol. The summed E-state index contributed by atoms with van der Waals surface area (Å²) in [5.74, 6) is 0.948. The molecule has 0 radical (unpaired) electrons. The van der Waals surface area contributed by atoms with Gasteiger partial charge in [-0.15, -0.1) is 0 Å². The van der Waals surface area contributed by atoms with Crippen molar-refractivity contribution in [3.8, 4) is 0 Å². The zero-order valence-electron chi connectivity index (χ0n) is 10.7. The van der Waals surface area contributed by atoms with E-state index in [-0.39, 0.29) is 0 Å². The Morgan fingerprint density at radius 2 is 2.12 bits per heavy atom. The molecule has 0 bridgehead atoms. The van der Waals surface area contributed by atoms with Gasteiger partial charge in [0.05, 0.1) is 0 Å². The molecular formula is C13H26N2O. The molecule has 1 amide bonds. The molecular weight excluding hydrogens is 200 g/mol. The maximum Gasteiger partial charge on any atom is 0.222 e. The number of nitrogens with zero attached hydrogens (tertiary/aromatic N) is 1. The molecule has 3 heteroatoms. The summed E-state index contributed by atoms with van der Waals surface area (Å²) < 4.78 is 0. The van der Waals surface area contributed by atoms with Gasteiger partial charge in [-0.2, -0.15) is 0 Å². The van der Waals surface area contributed by atoms with E-state index in [4.69, 9.17) is 5.73 Å². The van der Waals surface area contributed by atoms with Crippen molar-refractivity contribution in [2.45, 2.75) is 57.9 Å². The second-order valence-electron chi connectivity index (χ2n) is 4.98. The second kappa shape index (κ2) is 6.89. The molecule has 1 rings (SSSR count). The summed E-state index contributed by atoms with van der Waals surface area (Å²) in [6, 6.07) is 0.530. The summed E-state index contributed by atoms with van der Waals surface area (Å²) in [4.78, 5) is 13.9. The Bertz CT molecular complexity index is 214. The van der Waals surface area contributed by atoms with Crippen LogP contribution in [0, 0.1) is 5.92 Å². The Balaban J connectivity index is 2.22. The van der Waals surface area contributed by atoms with E-state index in [1.807, 2.05) is 11.9 Å². The van der Waals surface area contributed by atoms with Crippen LogP contribution in [0.15, 0.2) is 0 Å². The molecule has 94 valence electrons. The zero-order chi connectivity index (χ0) is 12.0. The van der Waals surface area contributed by atoms with Crippen LogP contribution in [-0.2, 0) is 4.79 Å². The number of nitrogens with two attached hydrogens (primary N) is 1. The molecule has 0 aliphatic heterocycles. The molecule has 1 saturated carbocycles. The fourth-order valence-electron chi connectivity index (χ4n) is 2.27. The summed E-state index contributed by atoms with van der Waals surface area (Å²) in [5.41, 5.74) is 5.55. The standard InChI is InChI=1S/C13H26N2O/c1-3-11(9-10-14)7-8-13(16)15(2)12-5-4-6-12/h11-12H,3-10,14H2,1-2H3. The van der Waals surface area contributed by atoms with E-state index in [1.54, 1.807) is 0 Å². The highest BCUT2D eigenvalue weighted by atomic mass is 16.2. The molecule has 0 spiro atoms. The molecule has 0 aromatic heterocycles. The van der Waals surface area contributed by atoms with Crippen molar-refractivity contribution >= 4 is 5.91 Å². The molecule has 2 N–H and O–H groups in total. The zero-order valence-corrected chi connectivity index (χ0v) is 10.7. The van der Waals surface area contributed by atoms with Crippen molar-refractivity contribution in [3.05, 3.63) is 0 Å². The number of rotatable bonds is 7. The maximum atomic E-state index is 11.9. The van der Waals surface area contributed by atoms with Gasteiger partial charge in [-0.25, -0.2) is 0 Å². The number of hydrogen-bond donors (Lipinski definition) is 1. The molecule has 0 saturated heterocycles. The van der Waals surface area contributed by atoms with Crippen LogP contribution in [0.2, 0.25) is 0 Å². The topological polar surface area (TPSA) is 46.3 Å². The van der Waals surface area contributed by atoms with E-state index in [9.17, 15) is 4.79 Å². The largest absolute Gasteiger partial charge is 0.343 e. The summed E-state index contributed by atoms with van der Waals surface area (Å²) >= 11 is 0. The van der Waals surface area contributed by atoms with Gasteiger partial charge < -0.3 is 10.6 Å². The first-order valence-corrected chi connectivity index (χ1v) is 6.64. The van der Waals surface area contributed by atoms with Crippen LogP contribution >= 0.6 is 0 Å². The molecule has 16 heavy (non-hydrogen) atoms. The fraction of sp³-hybridized carbons (Fsp3) is 0.923. The van der Waals surface area contributed by atoms with Gasteiger partial charge in [0, 0.05) is 19.5 Å². The van der Waals surface area contributed by atoms with E-state index >= 15 is 0 Å². The molecule has 1 aliphatic carbocycles. The molecule has 1 fully saturated rings. The van der Waals surface area contributed by atoms with Gasteiger partial charge in [-0.05, 0) is 44.6 Å².